The first-order chi connectivity index (χ1) is 12.1. The number of rotatable bonds is 4. The molecule has 2 fully saturated rings. The Morgan fingerprint density at radius 1 is 1.32 bits per heavy atom. The predicted octanol–water partition coefficient (Wildman–Crippen LogP) is 1.83. The minimum absolute atomic E-state index is 0.0288. The summed E-state index contributed by atoms with van der Waals surface area (Å²) in [6.45, 7) is 9.45. The molecule has 0 unspecified atom stereocenters. The summed E-state index contributed by atoms with van der Waals surface area (Å²) in [5.41, 5.74) is 2.70. The maximum atomic E-state index is 5.66. The summed E-state index contributed by atoms with van der Waals surface area (Å²) < 4.78 is 5.66. The van der Waals surface area contributed by atoms with Crippen LogP contribution >= 0.6 is 0 Å². The van der Waals surface area contributed by atoms with Gasteiger partial charge in [0.05, 0.1) is 5.41 Å². The maximum absolute atomic E-state index is 5.66. The van der Waals surface area contributed by atoms with Gasteiger partial charge in [-0.05, 0) is 63.4 Å². The average Bonchev–Trinajstić information content (AvgIpc) is 3.18. The molecule has 6 heteroatoms. The molecule has 2 aromatic heterocycles. The third-order valence-electron chi connectivity index (χ3n) is 6.02. The Bertz CT molecular complexity index is 745. The zero-order chi connectivity index (χ0) is 17.4. The highest BCUT2D eigenvalue weighted by Gasteiger charge is 2.53. The van der Waals surface area contributed by atoms with Crippen LogP contribution in [-0.2, 0) is 11.8 Å². The topological polar surface area (TPSA) is 58.3 Å². The van der Waals surface area contributed by atoms with Gasteiger partial charge in [0.15, 0.2) is 5.82 Å². The van der Waals surface area contributed by atoms with Crippen molar-refractivity contribution in [2.75, 3.05) is 39.8 Å². The SMILES string of the molecule is Cc1noc([C@@]23CCN(C)C[C@@H]2CN(CCc2ccncc2C)C3)n1. The first kappa shape index (κ1) is 16.7. The number of aryl methyl sites for hydroxylation is 2. The standard InChI is InChI=1S/C19H27N5O/c1-14-10-20-7-4-16(14)5-8-24-12-17-11-23(3)9-6-19(17,13-24)18-21-15(2)22-25-18/h4,7,10,17H,5-6,8-9,11-13H2,1-3H3/t17-,19-/m1/s1. The van der Waals surface area contributed by atoms with Crippen molar-refractivity contribution in [3.63, 3.8) is 0 Å². The first-order valence-electron chi connectivity index (χ1n) is 9.18. The van der Waals surface area contributed by atoms with Gasteiger partial charge in [0, 0.05) is 38.6 Å². The van der Waals surface area contributed by atoms with E-state index in [1.165, 1.54) is 11.1 Å². The van der Waals surface area contributed by atoms with Gasteiger partial charge >= 0.3 is 0 Å². The quantitative estimate of drug-likeness (QED) is 0.846. The lowest BCUT2D eigenvalue weighted by atomic mass is 9.72. The van der Waals surface area contributed by atoms with E-state index < -0.39 is 0 Å². The number of hydrogen-bond donors (Lipinski definition) is 0. The predicted molar refractivity (Wildman–Crippen MR) is 95.4 cm³/mol. The van der Waals surface area contributed by atoms with Crippen molar-refractivity contribution in [1.82, 2.24) is 24.9 Å². The molecular formula is C19H27N5O. The van der Waals surface area contributed by atoms with E-state index in [9.17, 15) is 0 Å². The normalized spacial score (nSPS) is 27.6. The Morgan fingerprint density at radius 3 is 2.96 bits per heavy atom. The van der Waals surface area contributed by atoms with E-state index in [4.69, 9.17) is 4.52 Å². The van der Waals surface area contributed by atoms with Crippen molar-refractivity contribution in [2.45, 2.75) is 32.1 Å². The van der Waals surface area contributed by atoms with Crippen LogP contribution in [0.25, 0.3) is 0 Å². The van der Waals surface area contributed by atoms with E-state index in [0.717, 1.165) is 57.3 Å². The zero-order valence-corrected chi connectivity index (χ0v) is 15.4. The molecule has 2 saturated heterocycles. The van der Waals surface area contributed by atoms with Gasteiger partial charge in [-0.15, -0.1) is 0 Å². The highest BCUT2D eigenvalue weighted by Crippen LogP contribution is 2.44. The van der Waals surface area contributed by atoms with Crippen molar-refractivity contribution in [3.8, 4) is 0 Å². The largest absolute Gasteiger partial charge is 0.339 e. The van der Waals surface area contributed by atoms with Crippen molar-refractivity contribution < 1.29 is 4.52 Å². The minimum atomic E-state index is 0.0288. The Morgan fingerprint density at radius 2 is 2.20 bits per heavy atom. The molecule has 2 aromatic rings. The van der Waals surface area contributed by atoms with Gasteiger partial charge in [0.2, 0.25) is 5.89 Å². The molecule has 2 atom stereocenters. The van der Waals surface area contributed by atoms with Gasteiger partial charge in [-0.1, -0.05) is 5.16 Å². The van der Waals surface area contributed by atoms with Crippen molar-refractivity contribution >= 4 is 0 Å². The number of piperidine rings is 1. The molecule has 0 spiro atoms. The van der Waals surface area contributed by atoms with Crippen LogP contribution in [0.5, 0.6) is 0 Å². The molecule has 6 nitrogen and oxygen atoms in total. The van der Waals surface area contributed by atoms with E-state index in [0.29, 0.717) is 5.92 Å². The van der Waals surface area contributed by atoms with E-state index in [1.54, 1.807) is 0 Å². The molecule has 2 aliphatic rings. The van der Waals surface area contributed by atoms with Crippen LogP contribution in [0.4, 0.5) is 0 Å². The molecule has 134 valence electrons. The summed E-state index contributed by atoms with van der Waals surface area (Å²) >= 11 is 0. The van der Waals surface area contributed by atoms with Crippen LogP contribution in [0.1, 0.15) is 29.3 Å². The highest BCUT2D eigenvalue weighted by molar-refractivity contribution is 5.22. The van der Waals surface area contributed by atoms with Gasteiger partial charge in [0.25, 0.3) is 0 Å². The number of hydrogen-bond acceptors (Lipinski definition) is 6. The zero-order valence-electron chi connectivity index (χ0n) is 15.4. The third kappa shape index (κ3) is 3.09. The van der Waals surface area contributed by atoms with E-state index in [2.05, 4.69) is 45.0 Å². The average molecular weight is 341 g/mol. The third-order valence-corrected chi connectivity index (χ3v) is 6.02. The lowest BCUT2D eigenvalue weighted by Gasteiger charge is -2.39. The maximum Gasteiger partial charge on any atom is 0.234 e. The Hall–Kier alpha value is -1.79. The molecule has 0 aromatic carbocycles. The van der Waals surface area contributed by atoms with Crippen LogP contribution in [0.3, 0.4) is 0 Å². The van der Waals surface area contributed by atoms with Crippen LogP contribution in [-0.4, -0.2) is 64.7 Å². The fraction of sp³-hybridized carbons (Fsp3) is 0.632. The van der Waals surface area contributed by atoms with Gasteiger partial charge in [0.1, 0.15) is 0 Å². The van der Waals surface area contributed by atoms with Crippen LogP contribution < -0.4 is 0 Å². The molecule has 0 bridgehead atoms. The molecule has 0 amide bonds. The van der Waals surface area contributed by atoms with Crippen LogP contribution in [0, 0.1) is 19.8 Å². The van der Waals surface area contributed by atoms with Gasteiger partial charge in [-0.2, -0.15) is 4.98 Å². The van der Waals surface area contributed by atoms with E-state index >= 15 is 0 Å². The lowest BCUT2D eigenvalue weighted by molar-refractivity contribution is 0.118. The summed E-state index contributed by atoms with van der Waals surface area (Å²) in [7, 11) is 2.21. The van der Waals surface area contributed by atoms with Gasteiger partial charge in [-0.25, -0.2) is 0 Å². The molecule has 0 saturated carbocycles. The molecule has 25 heavy (non-hydrogen) atoms. The molecular weight excluding hydrogens is 314 g/mol. The fourth-order valence-corrected chi connectivity index (χ4v) is 4.53. The van der Waals surface area contributed by atoms with Crippen molar-refractivity contribution in [3.05, 3.63) is 41.3 Å². The number of fused-ring (bicyclic) bond motifs is 1. The summed E-state index contributed by atoms with van der Waals surface area (Å²) in [4.78, 5) is 13.8. The second kappa shape index (κ2) is 6.50. The summed E-state index contributed by atoms with van der Waals surface area (Å²) in [5, 5.41) is 4.07. The molecule has 0 radical (unpaired) electrons. The number of aromatic nitrogens is 3. The smallest absolute Gasteiger partial charge is 0.234 e. The first-order valence-corrected chi connectivity index (χ1v) is 9.18. The van der Waals surface area contributed by atoms with Gasteiger partial charge < -0.3 is 14.3 Å². The van der Waals surface area contributed by atoms with Crippen LogP contribution in [0.2, 0.25) is 0 Å². The molecule has 0 aliphatic carbocycles. The number of likely N-dealkylation sites (tertiary alicyclic amines) is 2. The minimum Gasteiger partial charge on any atom is -0.339 e. The summed E-state index contributed by atoms with van der Waals surface area (Å²) in [5.74, 6) is 2.16. The fourth-order valence-electron chi connectivity index (χ4n) is 4.53. The highest BCUT2D eigenvalue weighted by atomic mass is 16.5. The molecule has 2 aliphatic heterocycles. The van der Waals surface area contributed by atoms with E-state index in [1.807, 2.05) is 19.3 Å². The Kier molecular flexibility index (Phi) is 4.33. The van der Waals surface area contributed by atoms with Gasteiger partial charge in [-0.3, -0.25) is 4.98 Å². The van der Waals surface area contributed by atoms with Crippen LogP contribution in [0.15, 0.2) is 23.0 Å². The van der Waals surface area contributed by atoms with E-state index in [-0.39, 0.29) is 5.41 Å². The second-order valence-corrected chi connectivity index (χ2v) is 7.80. The lowest BCUT2D eigenvalue weighted by Crippen LogP contribution is -2.48. The summed E-state index contributed by atoms with van der Waals surface area (Å²) in [6, 6.07) is 2.14. The second-order valence-electron chi connectivity index (χ2n) is 7.80. The van der Waals surface area contributed by atoms with Crippen molar-refractivity contribution in [1.29, 1.82) is 0 Å². The monoisotopic (exact) mass is 341 g/mol. The molecule has 0 N–H and O–H groups in total. The number of pyridine rings is 1. The van der Waals surface area contributed by atoms with Crippen molar-refractivity contribution in [2.24, 2.45) is 5.92 Å². The Labute approximate surface area is 149 Å². The molecule has 4 heterocycles. The molecule has 4 rings (SSSR count). The summed E-state index contributed by atoms with van der Waals surface area (Å²) in [6.07, 6.45) is 6.01. The number of nitrogens with zero attached hydrogens (tertiary/aromatic N) is 5. The Balaban J connectivity index is 1.52.